The molecule has 4 aliphatic heterocycles. The second kappa shape index (κ2) is 13.9. The van der Waals surface area contributed by atoms with Gasteiger partial charge in [0.05, 0.1) is 33.0 Å². The fraction of sp³-hybridized carbons (Fsp3) is 0.810. The summed E-state index contributed by atoms with van der Waals surface area (Å²) in [5.41, 5.74) is -4.40. The summed E-state index contributed by atoms with van der Waals surface area (Å²) in [6, 6.07) is 0. The molecule has 0 saturated carbocycles. The largest absolute Gasteiger partial charge is 0.510 e. The number of phosphoric acid groups is 1. The Morgan fingerprint density at radius 3 is 2.12 bits per heavy atom. The molecule has 0 aromatic rings. The van der Waals surface area contributed by atoms with Crippen molar-refractivity contribution in [2.75, 3.05) is 66.6 Å². The zero-order valence-electron chi connectivity index (χ0n) is 21.8. The molecule has 0 spiro atoms. The van der Waals surface area contributed by atoms with E-state index < -0.39 is 82.7 Å². The highest BCUT2D eigenvalue weighted by atomic mass is 31.2. The van der Waals surface area contributed by atoms with Crippen molar-refractivity contribution in [1.29, 1.82) is 0 Å². The van der Waals surface area contributed by atoms with Gasteiger partial charge in [-0.05, 0) is 13.0 Å². The third-order valence-corrected chi connectivity index (χ3v) is 7.44. The van der Waals surface area contributed by atoms with Gasteiger partial charge in [0.15, 0.2) is 30.8 Å². The molecule has 0 radical (unpaired) electrons. The number of hydrogen-bond acceptors (Lipinski definition) is 18. The monoisotopic (exact) mass is 619 g/mol. The molecular weight excluding hydrogens is 588 g/mol. The Kier molecular flexibility index (Phi) is 10.8. The van der Waals surface area contributed by atoms with Crippen LogP contribution in [0, 0.1) is 0 Å². The number of halogens is 1. The summed E-state index contributed by atoms with van der Waals surface area (Å²) in [5, 5.41) is 21.9. The lowest BCUT2D eigenvalue weighted by molar-refractivity contribution is -0.313. The molecule has 4 atom stereocenters. The van der Waals surface area contributed by atoms with Crippen LogP contribution in [0.1, 0.15) is 6.92 Å². The van der Waals surface area contributed by atoms with Gasteiger partial charge in [-0.3, -0.25) is 4.52 Å². The highest BCUT2D eigenvalue weighted by Gasteiger charge is 2.63. The van der Waals surface area contributed by atoms with Gasteiger partial charge in [-0.25, -0.2) is 37.4 Å². The van der Waals surface area contributed by atoms with E-state index in [0.717, 1.165) is 0 Å². The third kappa shape index (κ3) is 8.02. The van der Waals surface area contributed by atoms with E-state index in [-0.39, 0.29) is 39.8 Å². The topological polar surface area (TPSA) is 206 Å². The second-order valence-electron chi connectivity index (χ2n) is 9.29. The maximum atomic E-state index is 14.4. The molecule has 0 aliphatic carbocycles. The van der Waals surface area contributed by atoms with Crippen LogP contribution in [0.3, 0.4) is 0 Å². The molecule has 41 heavy (non-hydrogen) atoms. The molecule has 0 aromatic heterocycles. The van der Waals surface area contributed by atoms with Crippen LogP contribution in [0.25, 0.3) is 0 Å². The number of hydrogen-bond donors (Lipinski definition) is 2. The summed E-state index contributed by atoms with van der Waals surface area (Å²) < 4.78 is 77.4. The predicted molar refractivity (Wildman–Crippen MR) is 123 cm³/mol. The number of rotatable bonds is 13. The number of ether oxygens (including phenoxy) is 7. The van der Waals surface area contributed by atoms with E-state index in [1.54, 1.807) is 0 Å². The van der Waals surface area contributed by atoms with Gasteiger partial charge in [-0.15, -0.1) is 0 Å². The maximum absolute atomic E-state index is 14.4. The smallest absolute Gasteiger partial charge is 0.426 e. The molecule has 4 aliphatic rings. The average Bonchev–Trinajstić information content (AvgIpc) is 3.07. The Morgan fingerprint density at radius 1 is 1.02 bits per heavy atom. The summed E-state index contributed by atoms with van der Waals surface area (Å²) in [5.74, 6) is 0. The Labute approximate surface area is 232 Å². The highest BCUT2D eigenvalue weighted by molar-refractivity contribution is 7.48. The van der Waals surface area contributed by atoms with Gasteiger partial charge in [0, 0.05) is 6.20 Å². The van der Waals surface area contributed by atoms with Crippen molar-refractivity contribution in [1.82, 2.24) is 4.90 Å². The molecule has 4 rings (SSSR count). The lowest BCUT2D eigenvalue weighted by Gasteiger charge is -2.33. The molecule has 20 heteroatoms. The van der Waals surface area contributed by atoms with Crippen LogP contribution in [0.15, 0.2) is 12.3 Å². The van der Waals surface area contributed by atoms with E-state index in [0.29, 0.717) is 0 Å². The fourth-order valence-corrected chi connectivity index (χ4v) is 4.73. The van der Waals surface area contributed by atoms with Gasteiger partial charge >= 0.3 is 20.1 Å². The van der Waals surface area contributed by atoms with Crippen molar-refractivity contribution >= 4 is 20.1 Å². The molecule has 3 saturated heterocycles. The first kappa shape index (κ1) is 31.8. The molecule has 234 valence electrons. The van der Waals surface area contributed by atoms with Crippen LogP contribution < -0.4 is 0 Å². The summed E-state index contributed by atoms with van der Waals surface area (Å²) >= 11 is 0. The molecule has 4 heterocycles. The van der Waals surface area contributed by atoms with E-state index in [1.807, 2.05) is 0 Å². The minimum absolute atomic E-state index is 0.0806. The number of aliphatic hydroxyl groups is 2. The molecule has 3 fully saturated rings. The third-order valence-electron chi connectivity index (χ3n) is 6.15. The van der Waals surface area contributed by atoms with Crippen LogP contribution in [-0.4, -0.2) is 130 Å². The van der Waals surface area contributed by atoms with Gasteiger partial charge in [-0.1, -0.05) is 0 Å². The Balaban J connectivity index is 1.38. The number of alkyl halides is 1. The van der Waals surface area contributed by atoms with Crippen molar-refractivity contribution in [3.63, 3.8) is 0 Å². The minimum atomic E-state index is -4.85. The zero-order valence-corrected chi connectivity index (χ0v) is 22.7. The number of phosphoric ester groups is 1. The van der Waals surface area contributed by atoms with Crippen LogP contribution in [0.5, 0.6) is 0 Å². The van der Waals surface area contributed by atoms with Crippen molar-refractivity contribution in [2.45, 2.75) is 42.7 Å². The second-order valence-corrected chi connectivity index (χ2v) is 11.0. The zero-order chi connectivity index (χ0) is 29.5. The van der Waals surface area contributed by atoms with E-state index in [2.05, 4.69) is 9.47 Å². The van der Waals surface area contributed by atoms with Crippen LogP contribution in [0.4, 0.5) is 14.0 Å². The Morgan fingerprint density at radius 2 is 1.61 bits per heavy atom. The van der Waals surface area contributed by atoms with E-state index in [4.69, 9.17) is 47.0 Å². The molecule has 0 aromatic carbocycles. The average molecular weight is 619 g/mol. The van der Waals surface area contributed by atoms with Crippen LogP contribution in [-0.2, 0) is 61.1 Å². The molecule has 0 amide bonds. The Bertz CT molecular complexity index is 940. The summed E-state index contributed by atoms with van der Waals surface area (Å²) in [4.78, 5) is 34.5. The fourth-order valence-electron chi connectivity index (χ4n) is 3.77. The summed E-state index contributed by atoms with van der Waals surface area (Å²) in [7, 11) is -4.85. The first-order valence-corrected chi connectivity index (χ1v) is 13.7. The molecule has 18 nitrogen and oxygen atoms in total. The van der Waals surface area contributed by atoms with E-state index in [1.165, 1.54) is 24.1 Å². The first-order valence-electron chi connectivity index (χ1n) is 12.2. The van der Waals surface area contributed by atoms with Gasteiger partial charge < -0.3 is 48.3 Å². The van der Waals surface area contributed by atoms with Gasteiger partial charge in [-0.2, -0.15) is 0 Å². The van der Waals surface area contributed by atoms with Gasteiger partial charge in [0.2, 0.25) is 13.6 Å². The standard InChI is InChI=1S/C21H31FNO17P/c1-20(27)16(24)21(9-22,40-17(20)23-3-2-4-33-34-11-23)10-35-41(28,36-12-31-18(25)38-14-5-29-6-14)37-13-32-19(26)39-15-7-30-8-15/h2-3,14-17,24,27H,4-13H2,1H3/t16-,17+,20+,21+/m0/s1. The first-order chi connectivity index (χ1) is 19.6. The number of carbonyl (C=O) groups is 2. The quantitative estimate of drug-likeness (QED) is 0.121. The molecule has 0 unspecified atom stereocenters. The number of nitrogens with zero attached hydrogens (tertiary/aromatic N) is 1. The van der Waals surface area contributed by atoms with E-state index in [9.17, 15) is 28.8 Å². The molecule has 2 N–H and O–H groups in total. The summed E-state index contributed by atoms with van der Waals surface area (Å²) in [6.07, 6.45) is -3.76. The lowest BCUT2D eigenvalue weighted by Crippen LogP contribution is -2.54. The molecular formula is C21H31FNO17P. The van der Waals surface area contributed by atoms with Gasteiger partial charge in [0.25, 0.3) is 0 Å². The van der Waals surface area contributed by atoms with E-state index >= 15 is 0 Å². The van der Waals surface area contributed by atoms with Crippen molar-refractivity contribution in [3.8, 4) is 0 Å². The summed E-state index contributed by atoms with van der Waals surface area (Å²) in [6.45, 7) is -2.81. The van der Waals surface area contributed by atoms with Gasteiger partial charge in [0.1, 0.15) is 25.0 Å². The predicted octanol–water partition coefficient (Wildman–Crippen LogP) is 0.0748. The molecule has 0 bridgehead atoms. The normalized spacial score (nSPS) is 30.7. The number of aliphatic hydroxyl groups excluding tert-OH is 1. The minimum Gasteiger partial charge on any atom is -0.426 e. The van der Waals surface area contributed by atoms with Crippen molar-refractivity contribution in [2.24, 2.45) is 0 Å². The SMILES string of the molecule is C[C@@]1(O)[C@H](O)[C@@](CF)(COP(=O)(OCOC(=O)OC2COC2)OCOC(=O)OC2COC2)O[C@H]1N1C=CCOOC1. The Hall–Kier alpha value is -2.16. The van der Waals surface area contributed by atoms with Crippen LogP contribution in [0.2, 0.25) is 0 Å². The van der Waals surface area contributed by atoms with Crippen molar-refractivity contribution < 1.29 is 85.3 Å². The lowest BCUT2D eigenvalue weighted by atomic mass is 9.88. The van der Waals surface area contributed by atoms with Crippen molar-refractivity contribution in [3.05, 3.63) is 12.3 Å². The number of carbonyl (C=O) groups excluding carboxylic acids is 2. The van der Waals surface area contributed by atoms with Crippen LogP contribution >= 0.6 is 7.82 Å². The highest BCUT2D eigenvalue weighted by Crippen LogP contribution is 2.52. The maximum Gasteiger partial charge on any atom is 0.510 e.